The Morgan fingerprint density at radius 2 is 2.05 bits per heavy atom. The van der Waals surface area contributed by atoms with Crippen molar-refractivity contribution in [1.29, 1.82) is 0 Å². The van der Waals surface area contributed by atoms with Crippen LogP contribution in [0.15, 0.2) is 16.5 Å². The number of carbonyl (C=O) groups is 2. The zero-order valence-corrected chi connectivity index (χ0v) is 13.0. The summed E-state index contributed by atoms with van der Waals surface area (Å²) in [6, 6.07) is 3.11. The van der Waals surface area contributed by atoms with Crippen LogP contribution < -0.4 is 5.32 Å². The summed E-state index contributed by atoms with van der Waals surface area (Å²) in [4.78, 5) is 23.0. The van der Waals surface area contributed by atoms with Gasteiger partial charge in [-0.1, -0.05) is 20.8 Å². The van der Waals surface area contributed by atoms with Crippen LogP contribution in [0, 0.1) is 6.92 Å². The largest absolute Gasteiger partial charge is 0.478 e. The van der Waals surface area contributed by atoms with Crippen LogP contribution in [0.3, 0.4) is 0 Å². The number of aromatic amines is 1. The van der Waals surface area contributed by atoms with Crippen molar-refractivity contribution < 1.29 is 19.1 Å². The summed E-state index contributed by atoms with van der Waals surface area (Å²) in [7, 11) is 0. The van der Waals surface area contributed by atoms with Gasteiger partial charge in [0.2, 0.25) is 0 Å². The molecule has 0 atom stereocenters. The van der Waals surface area contributed by atoms with Gasteiger partial charge in [0.25, 0.3) is 5.91 Å². The molecule has 0 bridgehead atoms. The van der Waals surface area contributed by atoms with Crippen LogP contribution in [0.1, 0.15) is 58.8 Å². The van der Waals surface area contributed by atoms with E-state index in [0.717, 1.165) is 5.69 Å². The van der Waals surface area contributed by atoms with E-state index < -0.39 is 5.97 Å². The number of rotatable bonds is 4. The van der Waals surface area contributed by atoms with Gasteiger partial charge in [-0.3, -0.25) is 9.89 Å². The highest BCUT2D eigenvalue weighted by Gasteiger charge is 2.20. The van der Waals surface area contributed by atoms with Crippen molar-refractivity contribution in [2.75, 3.05) is 0 Å². The smallest absolute Gasteiger partial charge is 0.339 e. The standard InChI is InChI=1S/C15H19N3O4/c1-8-10(14(20)21)5-9(22-8)7-16-13(19)11-6-12(18-17-11)15(2,3)4/h5-6H,7H2,1-4H3,(H,16,19)(H,17,18)(H,20,21). The Kier molecular flexibility index (Phi) is 4.07. The summed E-state index contributed by atoms with van der Waals surface area (Å²) < 4.78 is 5.30. The molecule has 0 saturated heterocycles. The SMILES string of the molecule is Cc1oc(CNC(=O)c2cc(C(C)(C)C)[nH]n2)cc1C(=O)O. The molecule has 0 radical (unpaired) electrons. The monoisotopic (exact) mass is 305 g/mol. The fourth-order valence-corrected chi connectivity index (χ4v) is 1.92. The molecule has 0 saturated carbocycles. The third-order valence-corrected chi connectivity index (χ3v) is 3.24. The van der Waals surface area contributed by atoms with E-state index in [4.69, 9.17) is 9.52 Å². The molecule has 0 fully saturated rings. The lowest BCUT2D eigenvalue weighted by atomic mass is 9.92. The molecule has 0 spiro atoms. The third kappa shape index (κ3) is 3.36. The number of aryl methyl sites for hydroxylation is 1. The summed E-state index contributed by atoms with van der Waals surface area (Å²) in [6.45, 7) is 7.71. The number of nitrogens with one attached hydrogen (secondary N) is 2. The maximum atomic E-state index is 12.0. The molecule has 118 valence electrons. The molecule has 1 amide bonds. The zero-order chi connectivity index (χ0) is 16.5. The summed E-state index contributed by atoms with van der Waals surface area (Å²) in [5, 5.41) is 18.4. The number of carbonyl (C=O) groups excluding carboxylic acids is 1. The Bertz CT molecular complexity index is 707. The van der Waals surface area contributed by atoms with Gasteiger partial charge in [-0.2, -0.15) is 5.10 Å². The molecule has 2 aromatic rings. The van der Waals surface area contributed by atoms with E-state index in [9.17, 15) is 9.59 Å². The van der Waals surface area contributed by atoms with Gasteiger partial charge in [-0.25, -0.2) is 4.79 Å². The lowest BCUT2D eigenvalue weighted by Crippen LogP contribution is -2.23. The number of furan rings is 1. The lowest BCUT2D eigenvalue weighted by Gasteiger charge is -2.14. The highest BCUT2D eigenvalue weighted by atomic mass is 16.4. The molecule has 7 heteroatoms. The van der Waals surface area contributed by atoms with Crippen LogP contribution in [0.2, 0.25) is 0 Å². The van der Waals surface area contributed by atoms with Crippen molar-refractivity contribution in [3.63, 3.8) is 0 Å². The molecule has 0 aromatic carbocycles. The molecular formula is C15H19N3O4. The van der Waals surface area contributed by atoms with E-state index in [0.29, 0.717) is 11.5 Å². The number of carboxylic acid groups (broad SMARTS) is 1. The second-order valence-corrected chi connectivity index (χ2v) is 6.09. The number of aromatic carboxylic acids is 1. The van der Waals surface area contributed by atoms with Gasteiger partial charge < -0.3 is 14.8 Å². The van der Waals surface area contributed by atoms with Crippen LogP contribution in [0.4, 0.5) is 0 Å². The molecule has 2 heterocycles. The predicted octanol–water partition coefficient (Wildman–Crippen LogP) is 2.24. The summed E-state index contributed by atoms with van der Waals surface area (Å²) in [5.74, 6) is -0.708. The Morgan fingerprint density at radius 3 is 2.55 bits per heavy atom. The van der Waals surface area contributed by atoms with Crippen molar-refractivity contribution in [2.45, 2.75) is 39.7 Å². The second kappa shape index (κ2) is 5.67. The lowest BCUT2D eigenvalue weighted by molar-refractivity contribution is 0.0694. The Labute approximate surface area is 127 Å². The van der Waals surface area contributed by atoms with Crippen molar-refractivity contribution >= 4 is 11.9 Å². The Balaban J connectivity index is 2.02. The molecule has 2 aromatic heterocycles. The molecule has 3 N–H and O–H groups in total. The minimum Gasteiger partial charge on any atom is -0.478 e. The van der Waals surface area contributed by atoms with Crippen molar-refractivity contribution in [2.24, 2.45) is 0 Å². The second-order valence-electron chi connectivity index (χ2n) is 6.09. The average molecular weight is 305 g/mol. The van der Waals surface area contributed by atoms with Crippen molar-refractivity contribution in [3.05, 3.63) is 40.6 Å². The average Bonchev–Trinajstić information content (AvgIpc) is 3.01. The third-order valence-electron chi connectivity index (χ3n) is 3.24. The number of hydrogen-bond acceptors (Lipinski definition) is 4. The number of aromatic nitrogens is 2. The summed E-state index contributed by atoms with van der Waals surface area (Å²) >= 11 is 0. The van der Waals surface area contributed by atoms with E-state index >= 15 is 0 Å². The van der Waals surface area contributed by atoms with Gasteiger partial charge in [-0.15, -0.1) is 0 Å². The van der Waals surface area contributed by atoms with Crippen LogP contribution in [0.25, 0.3) is 0 Å². The number of carboxylic acids is 1. The fourth-order valence-electron chi connectivity index (χ4n) is 1.92. The predicted molar refractivity (Wildman–Crippen MR) is 78.9 cm³/mol. The maximum absolute atomic E-state index is 12.0. The first-order valence-electron chi connectivity index (χ1n) is 6.85. The van der Waals surface area contributed by atoms with Crippen LogP contribution in [-0.4, -0.2) is 27.2 Å². The first-order valence-corrected chi connectivity index (χ1v) is 6.85. The molecule has 2 rings (SSSR count). The number of nitrogens with zero attached hydrogens (tertiary/aromatic N) is 1. The first kappa shape index (κ1) is 15.8. The highest BCUT2D eigenvalue weighted by Crippen LogP contribution is 2.20. The van der Waals surface area contributed by atoms with E-state index in [1.54, 1.807) is 13.0 Å². The number of H-pyrrole nitrogens is 1. The molecule has 0 aliphatic rings. The van der Waals surface area contributed by atoms with Gasteiger partial charge in [0.15, 0.2) is 0 Å². The molecule has 0 aliphatic carbocycles. The van der Waals surface area contributed by atoms with Crippen molar-refractivity contribution in [1.82, 2.24) is 15.5 Å². The van der Waals surface area contributed by atoms with Gasteiger partial charge >= 0.3 is 5.97 Å². The van der Waals surface area contributed by atoms with Gasteiger partial charge in [0.05, 0.1) is 6.54 Å². The Morgan fingerprint density at radius 1 is 1.36 bits per heavy atom. The first-order chi connectivity index (χ1) is 10.2. The number of hydrogen-bond donors (Lipinski definition) is 3. The molecule has 7 nitrogen and oxygen atoms in total. The summed E-state index contributed by atoms with van der Waals surface area (Å²) in [5.41, 5.74) is 1.12. The van der Waals surface area contributed by atoms with Gasteiger partial charge in [-0.05, 0) is 19.1 Å². The van der Waals surface area contributed by atoms with E-state index in [2.05, 4.69) is 15.5 Å². The van der Waals surface area contributed by atoms with Gasteiger partial charge in [0.1, 0.15) is 22.8 Å². The van der Waals surface area contributed by atoms with E-state index in [1.807, 2.05) is 20.8 Å². The zero-order valence-electron chi connectivity index (χ0n) is 13.0. The van der Waals surface area contributed by atoms with Gasteiger partial charge in [0, 0.05) is 11.1 Å². The summed E-state index contributed by atoms with van der Waals surface area (Å²) in [6.07, 6.45) is 0. The normalized spacial score (nSPS) is 11.5. The van der Waals surface area contributed by atoms with E-state index in [1.165, 1.54) is 6.07 Å². The van der Waals surface area contributed by atoms with Crippen LogP contribution >= 0.6 is 0 Å². The quantitative estimate of drug-likeness (QED) is 0.802. The van der Waals surface area contributed by atoms with E-state index in [-0.39, 0.29) is 29.1 Å². The van der Waals surface area contributed by atoms with Crippen LogP contribution in [-0.2, 0) is 12.0 Å². The Hall–Kier alpha value is -2.57. The fraction of sp³-hybridized carbons (Fsp3) is 0.400. The molecular weight excluding hydrogens is 286 g/mol. The maximum Gasteiger partial charge on any atom is 0.339 e. The molecule has 22 heavy (non-hydrogen) atoms. The van der Waals surface area contributed by atoms with Crippen LogP contribution in [0.5, 0.6) is 0 Å². The minimum absolute atomic E-state index is 0.0963. The topological polar surface area (TPSA) is 108 Å². The number of amides is 1. The minimum atomic E-state index is -1.05. The molecule has 0 unspecified atom stereocenters. The van der Waals surface area contributed by atoms with Crippen molar-refractivity contribution in [3.8, 4) is 0 Å². The highest BCUT2D eigenvalue weighted by molar-refractivity contribution is 5.92. The molecule has 0 aliphatic heterocycles.